The lowest BCUT2D eigenvalue weighted by Gasteiger charge is -2.22. The highest BCUT2D eigenvalue weighted by Crippen LogP contribution is 2.41. The van der Waals surface area contributed by atoms with Gasteiger partial charge in [0.1, 0.15) is 0 Å². The molecule has 1 saturated carbocycles. The van der Waals surface area contributed by atoms with Gasteiger partial charge in [-0.2, -0.15) is 0 Å². The van der Waals surface area contributed by atoms with Gasteiger partial charge in [-0.1, -0.05) is 93.3 Å². The predicted octanol–water partition coefficient (Wildman–Crippen LogP) is 8.73. The fourth-order valence-corrected chi connectivity index (χ4v) is 6.24. The minimum atomic E-state index is 0.884. The van der Waals surface area contributed by atoms with Crippen LogP contribution in [0.3, 0.4) is 0 Å². The molecule has 164 valence electrons. The molecule has 1 fully saturated rings. The van der Waals surface area contributed by atoms with Crippen molar-refractivity contribution in [3.63, 3.8) is 0 Å². The van der Waals surface area contributed by atoms with Crippen molar-refractivity contribution in [1.82, 2.24) is 0 Å². The van der Waals surface area contributed by atoms with E-state index in [-0.39, 0.29) is 0 Å². The number of aryl methyl sites for hydroxylation is 2. The van der Waals surface area contributed by atoms with Gasteiger partial charge in [0, 0.05) is 0 Å². The number of allylic oxidation sites excluding steroid dienone is 6. The number of hydrogen-bond donors (Lipinski definition) is 0. The van der Waals surface area contributed by atoms with Gasteiger partial charge in [-0.25, -0.2) is 0 Å². The van der Waals surface area contributed by atoms with Crippen LogP contribution < -0.4 is 0 Å². The van der Waals surface area contributed by atoms with E-state index in [1.165, 1.54) is 88.6 Å². The Bertz CT molecular complexity index is 1110. The zero-order valence-corrected chi connectivity index (χ0v) is 19.8. The topological polar surface area (TPSA) is 0 Å². The van der Waals surface area contributed by atoms with E-state index in [1.807, 2.05) is 0 Å². The summed E-state index contributed by atoms with van der Waals surface area (Å²) in [6.45, 7) is 8.91. The van der Waals surface area contributed by atoms with Crippen molar-refractivity contribution in [1.29, 1.82) is 0 Å². The van der Waals surface area contributed by atoms with E-state index < -0.39 is 0 Å². The highest BCUT2D eigenvalue weighted by atomic mass is 14.3. The molecule has 0 atom stereocenters. The largest absolute Gasteiger partial charge is 0.0949 e. The van der Waals surface area contributed by atoms with Crippen LogP contribution >= 0.6 is 0 Å². The molecule has 0 N–H and O–H groups in total. The summed E-state index contributed by atoms with van der Waals surface area (Å²) in [5, 5.41) is 0. The molecular formula is C32H36. The average molecular weight is 421 g/mol. The highest BCUT2D eigenvalue weighted by molar-refractivity contribution is 5.77. The lowest BCUT2D eigenvalue weighted by atomic mass is 9.83. The fraction of sp³-hybridized carbons (Fsp3) is 0.375. The summed E-state index contributed by atoms with van der Waals surface area (Å²) in [6.07, 6.45) is 18.8. The van der Waals surface area contributed by atoms with Gasteiger partial charge >= 0.3 is 0 Å². The van der Waals surface area contributed by atoms with Crippen molar-refractivity contribution in [2.75, 3.05) is 0 Å². The molecule has 0 saturated heterocycles. The van der Waals surface area contributed by atoms with E-state index in [1.54, 1.807) is 5.56 Å². The van der Waals surface area contributed by atoms with Crippen LogP contribution in [-0.4, -0.2) is 0 Å². The third-order valence-electron chi connectivity index (χ3n) is 7.84. The normalized spacial score (nSPS) is 18.2. The molecule has 5 rings (SSSR count). The molecule has 2 aromatic carbocycles. The van der Waals surface area contributed by atoms with Gasteiger partial charge in [0.05, 0.1) is 0 Å². The number of rotatable bonds is 6. The summed E-state index contributed by atoms with van der Waals surface area (Å²) in [4.78, 5) is 0. The average Bonchev–Trinajstić information content (AvgIpc) is 3.41. The van der Waals surface area contributed by atoms with Crippen molar-refractivity contribution in [2.24, 2.45) is 5.92 Å². The van der Waals surface area contributed by atoms with Crippen LogP contribution in [0, 0.1) is 19.8 Å². The zero-order valence-electron chi connectivity index (χ0n) is 19.8. The van der Waals surface area contributed by atoms with Crippen molar-refractivity contribution in [2.45, 2.75) is 71.6 Å². The molecule has 0 aliphatic heterocycles. The molecular weight excluding hydrogens is 384 g/mol. The Morgan fingerprint density at radius 1 is 0.938 bits per heavy atom. The second kappa shape index (κ2) is 9.10. The smallest absolute Gasteiger partial charge is 0.00136 e. The first-order chi connectivity index (χ1) is 15.6. The standard InChI is InChI=1S/C32H36/c1-22-10-7-11-23(2)32(22)24(3)18-26-16-9-17-30(26)29-20-28-15-8-14-27(31(28)21-29)19-25-12-5-4-6-13-25/h7-8,10-11,14-17,21,25H,3-6,9,12-13,18-20H2,1-2H3. The van der Waals surface area contributed by atoms with Gasteiger partial charge < -0.3 is 0 Å². The maximum Gasteiger partial charge on any atom is -0.00136 e. The number of benzene rings is 2. The van der Waals surface area contributed by atoms with Gasteiger partial charge in [0.25, 0.3) is 0 Å². The van der Waals surface area contributed by atoms with E-state index in [9.17, 15) is 0 Å². The second-order valence-electron chi connectivity index (χ2n) is 10.2. The van der Waals surface area contributed by atoms with E-state index in [4.69, 9.17) is 0 Å². The molecule has 0 amide bonds. The van der Waals surface area contributed by atoms with Crippen LogP contribution in [0.2, 0.25) is 0 Å². The van der Waals surface area contributed by atoms with Crippen LogP contribution in [0.4, 0.5) is 0 Å². The van der Waals surface area contributed by atoms with Crippen molar-refractivity contribution in [3.8, 4) is 0 Å². The molecule has 0 aromatic heterocycles. The molecule has 0 spiro atoms. The van der Waals surface area contributed by atoms with E-state index in [2.05, 4.69) is 75.1 Å². The maximum atomic E-state index is 4.50. The lowest BCUT2D eigenvalue weighted by molar-refractivity contribution is 0.356. The van der Waals surface area contributed by atoms with Gasteiger partial charge in [-0.3, -0.25) is 0 Å². The Balaban J connectivity index is 1.35. The van der Waals surface area contributed by atoms with Crippen molar-refractivity contribution < 1.29 is 0 Å². The Labute approximate surface area is 194 Å². The van der Waals surface area contributed by atoms with E-state index in [0.717, 1.165) is 25.2 Å². The van der Waals surface area contributed by atoms with Gasteiger partial charge in [-0.15, -0.1) is 0 Å². The quantitative estimate of drug-likeness (QED) is 0.438. The van der Waals surface area contributed by atoms with Crippen LogP contribution in [0.5, 0.6) is 0 Å². The monoisotopic (exact) mass is 420 g/mol. The summed E-state index contributed by atoms with van der Waals surface area (Å²) in [6, 6.07) is 13.6. The van der Waals surface area contributed by atoms with Gasteiger partial charge in [0.2, 0.25) is 0 Å². The summed E-state index contributed by atoms with van der Waals surface area (Å²) >= 11 is 0. The van der Waals surface area contributed by atoms with Crippen LogP contribution in [0.25, 0.3) is 11.6 Å². The molecule has 0 heteroatoms. The molecule has 2 aromatic rings. The first-order valence-electron chi connectivity index (χ1n) is 12.6. The molecule has 0 heterocycles. The first-order valence-corrected chi connectivity index (χ1v) is 12.6. The predicted molar refractivity (Wildman–Crippen MR) is 139 cm³/mol. The van der Waals surface area contributed by atoms with Gasteiger partial charge in [-0.05, 0) is 101 Å². The minimum absolute atomic E-state index is 0.884. The number of hydrogen-bond acceptors (Lipinski definition) is 0. The summed E-state index contributed by atoms with van der Waals surface area (Å²) in [7, 11) is 0. The van der Waals surface area contributed by atoms with E-state index >= 15 is 0 Å². The summed E-state index contributed by atoms with van der Waals surface area (Å²) < 4.78 is 0. The number of fused-ring (bicyclic) bond motifs is 1. The molecule has 0 nitrogen and oxygen atoms in total. The Kier molecular flexibility index (Phi) is 6.05. The van der Waals surface area contributed by atoms with Crippen LogP contribution in [0.15, 0.2) is 71.8 Å². The zero-order chi connectivity index (χ0) is 22.1. The van der Waals surface area contributed by atoms with Crippen LogP contribution in [0.1, 0.15) is 78.3 Å². The minimum Gasteiger partial charge on any atom is -0.0949 e. The highest BCUT2D eigenvalue weighted by Gasteiger charge is 2.24. The lowest BCUT2D eigenvalue weighted by Crippen LogP contribution is -2.10. The SMILES string of the molecule is C=C(CC1=CCC=C1C1=Cc2c(cccc2CC2CCCCC2)C1)c1c(C)cccc1C. The Morgan fingerprint density at radius 2 is 1.69 bits per heavy atom. The third-order valence-corrected chi connectivity index (χ3v) is 7.84. The summed E-state index contributed by atoms with van der Waals surface area (Å²) in [5.74, 6) is 0.884. The van der Waals surface area contributed by atoms with Crippen molar-refractivity contribution >= 4 is 11.6 Å². The van der Waals surface area contributed by atoms with Gasteiger partial charge in [0.15, 0.2) is 0 Å². The fourth-order valence-electron chi connectivity index (χ4n) is 6.24. The molecule has 3 aliphatic carbocycles. The van der Waals surface area contributed by atoms with Crippen LogP contribution in [-0.2, 0) is 12.8 Å². The first kappa shape index (κ1) is 21.3. The molecule has 0 unspecified atom stereocenters. The molecule has 3 aliphatic rings. The van der Waals surface area contributed by atoms with E-state index in [0.29, 0.717) is 0 Å². The Morgan fingerprint density at radius 3 is 2.47 bits per heavy atom. The third kappa shape index (κ3) is 4.20. The second-order valence-corrected chi connectivity index (χ2v) is 10.2. The molecule has 32 heavy (non-hydrogen) atoms. The summed E-state index contributed by atoms with van der Waals surface area (Å²) in [5.41, 5.74) is 14.3. The maximum absolute atomic E-state index is 4.50. The molecule has 0 bridgehead atoms. The van der Waals surface area contributed by atoms with Crippen molar-refractivity contribution in [3.05, 3.63) is 105 Å². The molecule has 0 radical (unpaired) electrons. The Hall–Kier alpha value is -2.60.